The Bertz CT molecular complexity index is 1380. The summed E-state index contributed by atoms with van der Waals surface area (Å²) in [7, 11) is 3.20. The zero-order chi connectivity index (χ0) is 40.6. The molecular formula is C43H69NO11. The number of hydrogen-bond donors (Lipinski definition) is 4. The molecule has 3 fully saturated rings. The molecule has 1 aliphatic carbocycles. The van der Waals surface area contributed by atoms with E-state index in [4.69, 9.17) is 18.9 Å². The summed E-state index contributed by atoms with van der Waals surface area (Å²) in [4.78, 5) is 43.8. The van der Waals surface area contributed by atoms with E-state index in [-0.39, 0.29) is 30.5 Å². The normalized spacial score (nSPS) is 42.0. The number of nitrogens with zero attached hydrogens (tertiary/aromatic N) is 1. The standard InChI is InChI=1S/C43H69NO11/c1-9-12-31-18-25(2)17-26(3)19-37(52-7)41-38(53-8)21-28(5)43(51,55-41)24-39(49)44-16-11-10-13-32(44)42(50)54-40(29(6)34(46)23-35(31)47)27(4)20-30-14-15-33(45)36(48)22-30/h9,18,20,26,28-34,36-38,40-41,45-46,48,51H,1,10-17,19,21-24H2,2-8H3/b25-18+,27-20+/t26-,28+,29+,30-,31+,32-,33+,34-,36+,37-,38-,40+,41+,43-/m0/s1. The molecule has 312 valence electrons. The molecule has 4 N–H and O–H groups in total. The molecule has 14 atom stereocenters. The number of esters is 1. The van der Waals surface area contributed by atoms with Gasteiger partial charge in [-0.05, 0) is 95.5 Å². The molecule has 0 unspecified atom stereocenters. The number of ketones is 1. The van der Waals surface area contributed by atoms with Gasteiger partial charge in [0.15, 0.2) is 5.79 Å². The van der Waals surface area contributed by atoms with Crippen LogP contribution in [0.1, 0.15) is 112 Å². The van der Waals surface area contributed by atoms with Gasteiger partial charge in [-0.3, -0.25) is 9.59 Å². The third-order valence-corrected chi connectivity index (χ3v) is 12.7. The predicted molar refractivity (Wildman–Crippen MR) is 207 cm³/mol. The van der Waals surface area contributed by atoms with Gasteiger partial charge in [0, 0.05) is 44.9 Å². The van der Waals surface area contributed by atoms with Crippen molar-refractivity contribution in [3.63, 3.8) is 0 Å². The van der Waals surface area contributed by atoms with Crippen LogP contribution >= 0.6 is 0 Å². The van der Waals surface area contributed by atoms with Crippen molar-refractivity contribution < 1.29 is 53.8 Å². The van der Waals surface area contributed by atoms with Crippen molar-refractivity contribution in [3.05, 3.63) is 36.0 Å². The van der Waals surface area contributed by atoms with Gasteiger partial charge in [0.2, 0.25) is 5.91 Å². The number of allylic oxidation sites excluding steroid dienone is 4. The maximum Gasteiger partial charge on any atom is 0.329 e. The van der Waals surface area contributed by atoms with Crippen LogP contribution in [-0.2, 0) is 33.3 Å². The van der Waals surface area contributed by atoms with Gasteiger partial charge in [0.1, 0.15) is 24.0 Å². The molecule has 12 heteroatoms. The summed E-state index contributed by atoms with van der Waals surface area (Å²) >= 11 is 0. The molecule has 0 aromatic heterocycles. The van der Waals surface area contributed by atoms with Crippen LogP contribution in [0.25, 0.3) is 0 Å². The van der Waals surface area contributed by atoms with Crippen LogP contribution in [-0.4, -0.2) is 118 Å². The first kappa shape index (κ1) is 45.3. The zero-order valence-corrected chi connectivity index (χ0v) is 34.2. The van der Waals surface area contributed by atoms with E-state index in [2.05, 4.69) is 13.5 Å². The minimum Gasteiger partial charge on any atom is -0.456 e. The van der Waals surface area contributed by atoms with E-state index < -0.39 is 84.2 Å². The number of cyclic esters (lactones) is 1. The Labute approximate surface area is 328 Å². The molecule has 2 bridgehead atoms. The average Bonchev–Trinajstić information content (AvgIpc) is 3.14. The van der Waals surface area contributed by atoms with E-state index in [0.29, 0.717) is 76.3 Å². The zero-order valence-electron chi connectivity index (χ0n) is 34.2. The van der Waals surface area contributed by atoms with Crippen molar-refractivity contribution in [2.45, 2.75) is 166 Å². The van der Waals surface area contributed by atoms with Crippen molar-refractivity contribution >= 4 is 17.7 Å². The van der Waals surface area contributed by atoms with Crippen molar-refractivity contribution in [2.75, 3.05) is 20.8 Å². The Hall–Kier alpha value is -2.45. The van der Waals surface area contributed by atoms with Gasteiger partial charge in [-0.15, -0.1) is 6.58 Å². The Morgan fingerprint density at radius 1 is 0.964 bits per heavy atom. The highest BCUT2D eigenvalue weighted by molar-refractivity contribution is 5.85. The van der Waals surface area contributed by atoms with Crippen molar-refractivity contribution in [1.82, 2.24) is 4.90 Å². The fraction of sp³-hybridized carbons (Fsp3) is 0.791. The van der Waals surface area contributed by atoms with Crippen molar-refractivity contribution in [2.24, 2.45) is 29.6 Å². The minimum atomic E-state index is -1.84. The van der Waals surface area contributed by atoms with E-state index >= 15 is 0 Å². The first-order valence-corrected chi connectivity index (χ1v) is 20.5. The molecule has 1 saturated carbocycles. The lowest BCUT2D eigenvalue weighted by atomic mass is 9.81. The molecule has 0 spiro atoms. The Morgan fingerprint density at radius 2 is 1.65 bits per heavy atom. The predicted octanol–water partition coefficient (Wildman–Crippen LogP) is 4.81. The molecule has 0 aromatic rings. The smallest absolute Gasteiger partial charge is 0.329 e. The van der Waals surface area contributed by atoms with Crippen LogP contribution in [0.2, 0.25) is 0 Å². The molecule has 12 nitrogen and oxygen atoms in total. The molecular weight excluding hydrogens is 706 g/mol. The van der Waals surface area contributed by atoms with Crippen LogP contribution in [0.5, 0.6) is 0 Å². The summed E-state index contributed by atoms with van der Waals surface area (Å²) in [6, 6.07) is -0.925. The van der Waals surface area contributed by atoms with Gasteiger partial charge in [-0.2, -0.15) is 0 Å². The molecule has 4 aliphatic rings. The molecule has 55 heavy (non-hydrogen) atoms. The number of hydrogen-bond acceptors (Lipinski definition) is 11. The number of aliphatic hydroxyl groups is 4. The summed E-state index contributed by atoms with van der Waals surface area (Å²) in [6.45, 7) is 13.7. The molecule has 3 heterocycles. The lowest BCUT2D eigenvalue weighted by Gasteiger charge is -2.48. The fourth-order valence-electron chi connectivity index (χ4n) is 9.27. The number of aliphatic hydroxyl groups excluding tert-OH is 3. The average molecular weight is 776 g/mol. The van der Waals surface area contributed by atoms with Gasteiger partial charge < -0.3 is 44.3 Å². The highest BCUT2D eigenvalue weighted by atomic mass is 16.7. The lowest BCUT2D eigenvalue weighted by Crippen LogP contribution is -2.59. The number of rotatable bonds is 6. The van der Waals surface area contributed by atoms with Gasteiger partial charge in [-0.25, -0.2) is 4.79 Å². The quantitative estimate of drug-likeness (QED) is 0.216. The van der Waals surface area contributed by atoms with Gasteiger partial charge in [0.05, 0.1) is 36.9 Å². The topological polar surface area (TPSA) is 172 Å². The summed E-state index contributed by atoms with van der Waals surface area (Å²) < 4.78 is 24.6. The van der Waals surface area contributed by atoms with E-state index in [1.54, 1.807) is 27.2 Å². The second-order valence-corrected chi connectivity index (χ2v) is 17.1. The van der Waals surface area contributed by atoms with Gasteiger partial charge >= 0.3 is 5.97 Å². The number of amides is 1. The highest BCUT2D eigenvalue weighted by Crippen LogP contribution is 2.40. The largest absolute Gasteiger partial charge is 0.456 e. The maximum absolute atomic E-state index is 14.2. The second-order valence-electron chi connectivity index (χ2n) is 17.1. The molecule has 4 rings (SSSR count). The van der Waals surface area contributed by atoms with Crippen LogP contribution in [0, 0.1) is 29.6 Å². The van der Waals surface area contributed by atoms with E-state index in [0.717, 1.165) is 5.57 Å². The van der Waals surface area contributed by atoms with Gasteiger partial charge in [0.25, 0.3) is 0 Å². The molecule has 3 aliphatic heterocycles. The van der Waals surface area contributed by atoms with E-state index in [9.17, 15) is 34.8 Å². The Balaban J connectivity index is 1.74. The number of ether oxygens (including phenoxy) is 4. The fourth-order valence-corrected chi connectivity index (χ4v) is 9.27. The monoisotopic (exact) mass is 775 g/mol. The number of methoxy groups -OCH3 is 2. The highest BCUT2D eigenvalue weighted by Gasteiger charge is 2.51. The first-order chi connectivity index (χ1) is 26.0. The summed E-state index contributed by atoms with van der Waals surface area (Å²) in [6.07, 6.45) is 4.95. The summed E-state index contributed by atoms with van der Waals surface area (Å²) in [5.74, 6) is -4.72. The third-order valence-electron chi connectivity index (χ3n) is 12.7. The Kier molecular flexibility index (Phi) is 16.7. The second kappa shape index (κ2) is 20.3. The van der Waals surface area contributed by atoms with Crippen molar-refractivity contribution in [1.29, 1.82) is 0 Å². The number of carbonyl (C=O) groups excluding carboxylic acids is 3. The van der Waals surface area contributed by atoms with E-state index in [1.165, 1.54) is 4.90 Å². The van der Waals surface area contributed by atoms with Crippen LogP contribution in [0.4, 0.5) is 0 Å². The molecule has 2 saturated heterocycles. The minimum absolute atomic E-state index is 0.0917. The maximum atomic E-state index is 14.2. The SMILES string of the molecule is C=CC[C@@H]1/C=C(\C)C[C@H](C)C[C@H](OC)[C@H]2O[C@@](O)(CC(=O)N3CCCC[C@H]3C(=O)O[C@H](/C(C)=C/[C@@H]3CC[C@@H](O)[C@H](O)C3)[C@H](C)[C@@H](O)CC1=O)[C@H](C)C[C@@H]2OC. The van der Waals surface area contributed by atoms with Gasteiger partial charge in [-0.1, -0.05) is 44.6 Å². The molecule has 0 aromatic carbocycles. The number of carbonyl (C=O) groups is 3. The number of Topliss-reactive ketones (excluding diaryl/α,β-unsaturated/α-hetero) is 1. The first-order valence-electron chi connectivity index (χ1n) is 20.5. The lowest BCUT2D eigenvalue weighted by molar-refractivity contribution is -0.321. The van der Waals surface area contributed by atoms with Crippen LogP contribution in [0.3, 0.4) is 0 Å². The summed E-state index contributed by atoms with van der Waals surface area (Å²) in [5, 5.41) is 44.2. The Morgan fingerprint density at radius 3 is 2.31 bits per heavy atom. The van der Waals surface area contributed by atoms with E-state index in [1.807, 2.05) is 32.9 Å². The van der Waals surface area contributed by atoms with Crippen LogP contribution < -0.4 is 0 Å². The van der Waals surface area contributed by atoms with Crippen LogP contribution in [0.15, 0.2) is 36.0 Å². The van der Waals surface area contributed by atoms with Crippen molar-refractivity contribution in [3.8, 4) is 0 Å². The number of fused-ring (bicyclic) bond motifs is 3. The number of piperidine rings is 1. The third kappa shape index (κ3) is 11.6. The molecule has 0 radical (unpaired) electrons. The summed E-state index contributed by atoms with van der Waals surface area (Å²) in [5.41, 5.74) is 1.66. The molecule has 1 amide bonds.